The molecule has 5 heteroatoms. The Morgan fingerprint density at radius 3 is 2.76 bits per heavy atom. The van der Waals surface area contributed by atoms with Gasteiger partial charge in [-0.15, -0.1) is 23.5 Å². The molecule has 1 aromatic rings. The molecule has 0 saturated carbocycles. The van der Waals surface area contributed by atoms with Crippen LogP contribution in [0.4, 0.5) is 4.79 Å². The SMILES string of the molecule is CC(C)(C)OC(=O)NCC1=CC(Sc2ccccc2)CS1. The monoisotopic (exact) mass is 323 g/mol. The highest BCUT2D eigenvalue weighted by Crippen LogP contribution is 2.35. The number of hydrogen-bond donors (Lipinski definition) is 1. The number of benzene rings is 1. The molecule has 21 heavy (non-hydrogen) atoms. The van der Waals surface area contributed by atoms with Crippen LogP contribution in [0.25, 0.3) is 0 Å². The molecule has 1 N–H and O–H groups in total. The second-order valence-electron chi connectivity index (χ2n) is 5.77. The van der Waals surface area contributed by atoms with Crippen molar-refractivity contribution in [2.75, 3.05) is 12.3 Å². The molecule has 1 aliphatic rings. The van der Waals surface area contributed by atoms with Gasteiger partial charge in [-0.25, -0.2) is 4.79 Å². The van der Waals surface area contributed by atoms with Crippen LogP contribution < -0.4 is 5.32 Å². The standard InChI is InChI=1S/C16H21NO2S2/c1-16(2,3)19-15(18)17-10-13-9-14(11-20-13)21-12-7-5-4-6-8-12/h4-9,14H,10-11H2,1-3H3,(H,17,18). The molecule has 1 heterocycles. The van der Waals surface area contributed by atoms with Crippen molar-refractivity contribution in [1.82, 2.24) is 5.32 Å². The van der Waals surface area contributed by atoms with Gasteiger partial charge in [-0.3, -0.25) is 0 Å². The molecule has 1 aromatic carbocycles. The van der Waals surface area contributed by atoms with E-state index in [9.17, 15) is 4.79 Å². The van der Waals surface area contributed by atoms with Gasteiger partial charge in [0.1, 0.15) is 5.60 Å². The molecule has 0 aliphatic carbocycles. The number of ether oxygens (including phenoxy) is 1. The Balaban J connectivity index is 1.78. The molecule has 2 rings (SSSR count). The predicted molar refractivity (Wildman–Crippen MR) is 90.9 cm³/mol. The first-order valence-corrected chi connectivity index (χ1v) is 8.81. The largest absolute Gasteiger partial charge is 0.444 e. The number of amides is 1. The highest BCUT2D eigenvalue weighted by molar-refractivity contribution is 8.06. The second kappa shape index (κ2) is 7.27. The summed E-state index contributed by atoms with van der Waals surface area (Å²) in [7, 11) is 0. The lowest BCUT2D eigenvalue weighted by Crippen LogP contribution is -2.33. The molecule has 0 bridgehead atoms. The summed E-state index contributed by atoms with van der Waals surface area (Å²) >= 11 is 3.66. The lowest BCUT2D eigenvalue weighted by molar-refractivity contribution is 0.0533. The molecule has 3 nitrogen and oxygen atoms in total. The maximum Gasteiger partial charge on any atom is 0.407 e. The molecule has 0 fully saturated rings. The normalized spacial score (nSPS) is 18.2. The van der Waals surface area contributed by atoms with Crippen LogP contribution in [0, 0.1) is 0 Å². The van der Waals surface area contributed by atoms with Crippen molar-refractivity contribution in [1.29, 1.82) is 0 Å². The molecule has 1 atom stereocenters. The number of carbonyl (C=O) groups excluding carboxylic acids is 1. The van der Waals surface area contributed by atoms with Gasteiger partial charge in [0.2, 0.25) is 0 Å². The molecule has 1 unspecified atom stereocenters. The van der Waals surface area contributed by atoms with E-state index in [4.69, 9.17) is 4.74 Å². The summed E-state index contributed by atoms with van der Waals surface area (Å²) in [6.07, 6.45) is 1.88. The molecule has 114 valence electrons. The zero-order valence-corrected chi connectivity index (χ0v) is 14.2. The smallest absolute Gasteiger partial charge is 0.407 e. The van der Waals surface area contributed by atoms with Gasteiger partial charge >= 0.3 is 6.09 Å². The molecular weight excluding hydrogens is 302 g/mol. The number of hydrogen-bond acceptors (Lipinski definition) is 4. The first-order chi connectivity index (χ1) is 9.92. The third-order valence-electron chi connectivity index (χ3n) is 2.64. The Labute approximate surface area is 134 Å². The van der Waals surface area contributed by atoms with Crippen LogP contribution in [0.2, 0.25) is 0 Å². The van der Waals surface area contributed by atoms with Crippen molar-refractivity contribution in [2.45, 2.75) is 36.5 Å². The van der Waals surface area contributed by atoms with Gasteiger partial charge in [-0.1, -0.05) is 24.3 Å². The highest BCUT2D eigenvalue weighted by Gasteiger charge is 2.20. The second-order valence-corrected chi connectivity index (χ2v) is 8.23. The molecule has 0 spiro atoms. The fraction of sp³-hybridized carbons (Fsp3) is 0.438. The Morgan fingerprint density at radius 2 is 2.10 bits per heavy atom. The van der Waals surface area contributed by atoms with E-state index in [0.717, 1.165) is 5.75 Å². The van der Waals surface area contributed by atoms with Crippen molar-refractivity contribution in [3.63, 3.8) is 0 Å². The number of nitrogens with one attached hydrogen (secondary N) is 1. The van der Waals surface area contributed by atoms with Gasteiger partial charge in [0.15, 0.2) is 0 Å². The molecular formula is C16H21NO2S2. The summed E-state index contributed by atoms with van der Waals surface area (Å²) in [6.45, 7) is 6.14. The van der Waals surface area contributed by atoms with E-state index in [-0.39, 0.29) is 6.09 Å². The van der Waals surface area contributed by atoms with E-state index in [1.165, 1.54) is 9.80 Å². The summed E-state index contributed by atoms with van der Waals surface area (Å²) in [4.78, 5) is 14.1. The summed E-state index contributed by atoms with van der Waals surface area (Å²) in [5.41, 5.74) is -0.451. The molecule has 0 saturated heterocycles. The van der Waals surface area contributed by atoms with Crippen molar-refractivity contribution in [3.8, 4) is 0 Å². The van der Waals surface area contributed by atoms with Crippen molar-refractivity contribution in [3.05, 3.63) is 41.3 Å². The zero-order chi connectivity index (χ0) is 15.3. The Hall–Kier alpha value is -1.07. The minimum absolute atomic E-state index is 0.358. The van der Waals surface area contributed by atoms with Crippen LogP contribution in [0.3, 0.4) is 0 Å². The van der Waals surface area contributed by atoms with Gasteiger partial charge in [-0.2, -0.15) is 0 Å². The lowest BCUT2D eigenvalue weighted by atomic mass is 10.2. The van der Waals surface area contributed by atoms with Gasteiger partial charge < -0.3 is 10.1 Å². The maximum absolute atomic E-state index is 11.6. The topological polar surface area (TPSA) is 38.3 Å². The average Bonchev–Trinajstić information content (AvgIpc) is 2.83. The van der Waals surface area contributed by atoms with E-state index < -0.39 is 5.60 Å². The highest BCUT2D eigenvalue weighted by atomic mass is 32.2. The summed E-state index contributed by atoms with van der Waals surface area (Å²) in [6, 6.07) is 10.4. The van der Waals surface area contributed by atoms with Gasteiger partial charge in [0.05, 0.1) is 6.54 Å². The van der Waals surface area contributed by atoms with E-state index in [0.29, 0.717) is 11.8 Å². The Morgan fingerprint density at radius 1 is 1.38 bits per heavy atom. The van der Waals surface area contributed by atoms with Gasteiger partial charge in [-0.05, 0) is 32.9 Å². The third-order valence-corrected chi connectivity index (χ3v) is 5.18. The molecule has 0 aromatic heterocycles. The fourth-order valence-electron chi connectivity index (χ4n) is 1.82. The van der Waals surface area contributed by atoms with Crippen molar-refractivity contribution >= 4 is 29.6 Å². The lowest BCUT2D eigenvalue weighted by Gasteiger charge is -2.19. The minimum Gasteiger partial charge on any atom is -0.444 e. The van der Waals surface area contributed by atoms with E-state index in [1.54, 1.807) is 11.8 Å². The fourth-order valence-corrected chi connectivity index (χ4v) is 4.19. The number of alkyl carbamates (subject to hydrolysis) is 1. The van der Waals surface area contributed by atoms with Crippen molar-refractivity contribution in [2.24, 2.45) is 0 Å². The molecule has 1 amide bonds. The van der Waals surface area contributed by atoms with Crippen LogP contribution in [-0.2, 0) is 4.74 Å². The van der Waals surface area contributed by atoms with Crippen molar-refractivity contribution < 1.29 is 9.53 Å². The van der Waals surface area contributed by atoms with E-state index in [1.807, 2.05) is 38.6 Å². The van der Waals surface area contributed by atoms with Gasteiger partial charge in [0.25, 0.3) is 0 Å². The van der Waals surface area contributed by atoms with Crippen LogP contribution in [0.1, 0.15) is 20.8 Å². The first-order valence-electron chi connectivity index (χ1n) is 6.94. The Kier molecular flexibility index (Phi) is 5.65. The summed E-state index contributed by atoms with van der Waals surface area (Å²) in [5, 5.41) is 3.27. The minimum atomic E-state index is -0.451. The molecule has 0 radical (unpaired) electrons. The number of rotatable bonds is 4. The van der Waals surface area contributed by atoms with Crippen LogP contribution >= 0.6 is 23.5 Å². The zero-order valence-electron chi connectivity index (χ0n) is 12.6. The van der Waals surface area contributed by atoms with Gasteiger partial charge in [0, 0.05) is 20.8 Å². The maximum atomic E-state index is 11.6. The number of thioether (sulfide) groups is 2. The average molecular weight is 323 g/mol. The number of carbonyl (C=O) groups is 1. The third kappa shape index (κ3) is 6.06. The van der Waals surface area contributed by atoms with E-state index >= 15 is 0 Å². The summed E-state index contributed by atoms with van der Waals surface area (Å²) < 4.78 is 5.23. The van der Waals surface area contributed by atoms with Crippen LogP contribution in [-0.4, -0.2) is 29.2 Å². The Bertz CT molecular complexity index is 509. The van der Waals surface area contributed by atoms with E-state index in [2.05, 4.69) is 35.7 Å². The molecule has 1 aliphatic heterocycles. The summed E-state index contributed by atoms with van der Waals surface area (Å²) in [5.74, 6) is 1.05. The first kappa shape index (κ1) is 16.3. The quantitative estimate of drug-likeness (QED) is 0.896. The van der Waals surface area contributed by atoms with Crippen LogP contribution in [0.5, 0.6) is 0 Å². The predicted octanol–water partition coefficient (Wildman–Crippen LogP) is 4.30. The van der Waals surface area contributed by atoms with Crippen LogP contribution in [0.15, 0.2) is 46.2 Å².